The fourth-order valence-electron chi connectivity index (χ4n) is 2.97. The van der Waals surface area contributed by atoms with Gasteiger partial charge in [-0.15, -0.1) is 0 Å². The standard InChI is InChI=1S/C21H22N2O4/c1-13(2)27-20(24)17-18(14-8-5-4-6-9-14)22-21(25)23-19(17)15-10-7-11-16(12-15)26-3/h4-13,19H,1-3H3,(H2,22,23,25). The van der Waals surface area contributed by atoms with E-state index in [2.05, 4.69) is 10.6 Å². The highest BCUT2D eigenvalue weighted by molar-refractivity contribution is 6.04. The predicted molar refractivity (Wildman–Crippen MR) is 102 cm³/mol. The smallest absolute Gasteiger partial charge is 0.338 e. The van der Waals surface area contributed by atoms with Gasteiger partial charge in [-0.1, -0.05) is 42.5 Å². The lowest BCUT2D eigenvalue weighted by atomic mass is 9.92. The Balaban J connectivity index is 2.17. The normalized spacial score (nSPS) is 16.6. The number of hydrogen-bond acceptors (Lipinski definition) is 4. The van der Waals surface area contributed by atoms with Crippen LogP contribution in [0.2, 0.25) is 0 Å². The molecule has 1 aliphatic heterocycles. The summed E-state index contributed by atoms with van der Waals surface area (Å²) < 4.78 is 10.7. The Labute approximate surface area is 158 Å². The monoisotopic (exact) mass is 366 g/mol. The number of ether oxygens (including phenoxy) is 2. The van der Waals surface area contributed by atoms with Gasteiger partial charge in [-0.05, 0) is 37.1 Å². The van der Waals surface area contributed by atoms with Crippen LogP contribution in [0, 0.1) is 0 Å². The van der Waals surface area contributed by atoms with E-state index in [1.807, 2.05) is 42.5 Å². The van der Waals surface area contributed by atoms with Crippen molar-refractivity contribution in [3.8, 4) is 5.75 Å². The van der Waals surface area contributed by atoms with Crippen LogP contribution in [0.3, 0.4) is 0 Å². The quantitative estimate of drug-likeness (QED) is 0.795. The van der Waals surface area contributed by atoms with Crippen LogP contribution in [0.15, 0.2) is 60.2 Å². The van der Waals surface area contributed by atoms with E-state index in [9.17, 15) is 9.59 Å². The number of carbonyl (C=O) groups is 2. The highest BCUT2D eigenvalue weighted by Crippen LogP contribution is 2.33. The van der Waals surface area contributed by atoms with Crippen molar-refractivity contribution < 1.29 is 19.1 Å². The minimum absolute atomic E-state index is 0.286. The lowest BCUT2D eigenvalue weighted by Crippen LogP contribution is -2.45. The lowest BCUT2D eigenvalue weighted by molar-refractivity contribution is -0.143. The number of carbonyl (C=O) groups excluding carboxylic acids is 2. The van der Waals surface area contributed by atoms with Crippen molar-refractivity contribution in [1.29, 1.82) is 0 Å². The molecule has 6 nitrogen and oxygen atoms in total. The zero-order chi connectivity index (χ0) is 19.4. The summed E-state index contributed by atoms with van der Waals surface area (Å²) in [4.78, 5) is 25.3. The van der Waals surface area contributed by atoms with Gasteiger partial charge < -0.3 is 20.1 Å². The molecule has 6 heteroatoms. The van der Waals surface area contributed by atoms with Crippen molar-refractivity contribution in [2.24, 2.45) is 0 Å². The third-order valence-electron chi connectivity index (χ3n) is 4.12. The molecule has 0 aliphatic carbocycles. The van der Waals surface area contributed by atoms with Gasteiger partial charge in [-0.2, -0.15) is 0 Å². The van der Waals surface area contributed by atoms with E-state index in [-0.39, 0.29) is 12.1 Å². The zero-order valence-corrected chi connectivity index (χ0v) is 15.5. The van der Waals surface area contributed by atoms with Crippen LogP contribution in [-0.4, -0.2) is 25.2 Å². The highest BCUT2D eigenvalue weighted by atomic mass is 16.5. The molecule has 1 heterocycles. The minimum Gasteiger partial charge on any atom is -0.497 e. The average molecular weight is 366 g/mol. The molecule has 2 amide bonds. The number of esters is 1. The Kier molecular flexibility index (Phi) is 5.45. The van der Waals surface area contributed by atoms with Crippen LogP contribution in [0.1, 0.15) is 31.0 Å². The molecule has 2 aromatic rings. The van der Waals surface area contributed by atoms with Gasteiger partial charge in [0.25, 0.3) is 0 Å². The van der Waals surface area contributed by atoms with Crippen molar-refractivity contribution in [3.63, 3.8) is 0 Å². The summed E-state index contributed by atoms with van der Waals surface area (Å²) in [5.41, 5.74) is 2.25. The van der Waals surface area contributed by atoms with Crippen LogP contribution >= 0.6 is 0 Å². The van der Waals surface area contributed by atoms with Gasteiger partial charge in [-0.3, -0.25) is 0 Å². The zero-order valence-electron chi connectivity index (χ0n) is 15.5. The summed E-state index contributed by atoms with van der Waals surface area (Å²) in [7, 11) is 1.57. The van der Waals surface area contributed by atoms with Gasteiger partial charge in [0.1, 0.15) is 5.75 Å². The number of amides is 2. The first-order valence-corrected chi connectivity index (χ1v) is 8.71. The van der Waals surface area contributed by atoms with E-state index in [1.54, 1.807) is 33.1 Å². The van der Waals surface area contributed by atoms with Gasteiger partial charge in [0.2, 0.25) is 0 Å². The minimum atomic E-state index is -0.657. The largest absolute Gasteiger partial charge is 0.497 e. The van der Waals surface area contributed by atoms with Gasteiger partial charge in [0.15, 0.2) is 0 Å². The molecular formula is C21H22N2O4. The summed E-state index contributed by atoms with van der Waals surface area (Å²) in [6.07, 6.45) is -0.286. The molecule has 0 bridgehead atoms. The number of methoxy groups -OCH3 is 1. The second-order valence-corrected chi connectivity index (χ2v) is 6.42. The SMILES string of the molecule is COc1cccc(C2NC(=O)NC(c3ccccc3)=C2C(=O)OC(C)C)c1. The molecule has 3 rings (SSSR count). The number of rotatable bonds is 5. The van der Waals surface area contributed by atoms with E-state index in [0.29, 0.717) is 17.0 Å². The summed E-state index contributed by atoms with van der Waals surface area (Å²) >= 11 is 0. The van der Waals surface area contributed by atoms with Gasteiger partial charge in [0.05, 0.1) is 30.5 Å². The second-order valence-electron chi connectivity index (χ2n) is 6.42. The summed E-state index contributed by atoms with van der Waals surface area (Å²) in [6, 6.07) is 15.5. The van der Waals surface area contributed by atoms with Crippen molar-refractivity contribution in [2.75, 3.05) is 7.11 Å². The molecule has 2 N–H and O–H groups in total. The number of nitrogens with one attached hydrogen (secondary N) is 2. The van der Waals surface area contributed by atoms with E-state index in [4.69, 9.17) is 9.47 Å². The maximum atomic E-state index is 12.9. The first-order chi connectivity index (χ1) is 13.0. The lowest BCUT2D eigenvalue weighted by Gasteiger charge is -2.30. The molecule has 1 unspecified atom stereocenters. The molecule has 27 heavy (non-hydrogen) atoms. The fourth-order valence-corrected chi connectivity index (χ4v) is 2.97. The average Bonchev–Trinajstić information content (AvgIpc) is 2.67. The third kappa shape index (κ3) is 4.11. The molecule has 0 saturated heterocycles. The Hall–Kier alpha value is -3.28. The Bertz CT molecular complexity index is 875. The van der Waals surface area contributed by atoms with E-state index in [1.165, 1.54) is 0 Å². The van der Waals surface area contributed by atoms with Crippen molar-refractivity contribution in [2.45, 2.75) is 26.0 Å². The van der Waals surface area contributed by atoms with Crippen LogP contribution in [0.4, 0.5) is 4.79 Å². The molecular weight excluding hydrogens is 344 g/mol. The molecule has 1 atom stereocenters. The van der Waals surface area contributed by atoms with Gasteiger partial charge in [0, 0.05) is 0 Å². The first kappa shape index (κ1) is 18.5. The number of hydrogen-bond donors (Lipinski definition) is 2. The van der Waals surface area contributed by atoms with Gasteiger partial charge >= 0.3 is 12.0 Å². The summed E-state index contributed by atoms with van der Waals surface area (Å²) in [5.74, 6) is 0.155. The van der Waals surface area contributed by atoms with Crippen LogP contribution in [0.5, 0.6) is 5.75 Å². The molecule has 0 fully saturated rings. The number of urea groups is 1. The van der Waals surface area contributed by atoms with E-state index >= 15 is 0 Å². The molecule has 0 radical (unpaired) electrons. The molecule has 1 aliphatic rings. The predicted octanol–water partition coefficient (Wildman–Crippen LogP) is 3.41. The highest BCUT2D eigenvalue weighted by Gasteiger charge is 2.34. The Morgan fingerprint density at radius 2 is 1.81 bits per heavy atom. The number of benzene rings is 2. The molecule has 0 saturated carbocycles. The van der Waals surface area contributed by atoms with Crippen molar-refractivity contribution >= 4 is 17.7 Å². The van der Waals surface area contributed by atoms with Crippen LogP contribution in [0.25, 0.3) is 5.70 Å². The van der Waals surface area contributed by atoms with E-state index < -0.39 is 12.0 Å². The first-order valence-electron chi connectivity index (χ1n) is 8.71. The Morgan fingerprint density at radius 3 is 2.48 bits per heavy atom. The molecule has 140 valence electrons. The molecule has 2 aromatic carbocycles. The fraction of sp³-hybridized carbons (Fsp3) is 0.238. The molecule has 0 aromatic heterocycles. The van der Waals surface area contributed by atoms with Crippen molar-refractivity contribution in [3.05, 3.63) is 71.3 Å². The second kappa shape index (κ2) is 7.95. The third-order valence-corrected chi connectivity index (χ3v) is 4.12. The maximum absolute atomic E-state index is 12.9. The topological polar surface area (TPSA) is 76.7 Å². The van der Waals surface area contributed by atoms with Crippen LogP contribution in [-0.2, 0) is 9.53 Å². The Morgan fingerprint density at radius 1 is 1.07 bits per heavy atom. The summed E-state index contributed by atoms with van der Waals surface area (Å²) in [5, 5.41) is 5.59. The maximum Gasteiger partial charge on any atom is 0.338 e. The summed E-state index contributed by atoms with van der Waals surface area (Å²) in [6.45, 7) is 3.58. The molecule has 0 spiro atoms. The van der Waals surface area contributed by atoms with Crippen molar-refractivity contribution in [1.82, 2.24) is 10.6 Å². The van der Waals surface area contributed by atoms with Gasteiger partial charge in [-0.25, -0.2) is 9.59 Å². The van der Waals surface area contributed by atoms with Crippen LogP contribution < -0.4 is 15.4 Å². The van der Waals surface area contributed by atoms with E-state index in [0.717, 1.165) is 11.1 Å².